The normalized spacial score (nSPS) is 14.2. The molecular weight excluding hydrogens is 236 g/mol. The molecule has 0 N–H and O–H groups in total. The van der Waals surface area contributed by atoms with Crippen LogP contribution in [0.15, 0.2) is 29.8 Å². The lowest BCUT2D eigenvalue weighted by molar-refractivity contribution is -0.126. The Morgan fingerprint density at radius 2 is 2.24 bits per heavy atom. The Morgan fingerprint density at radius 3 is 3.00 bits per heavy atom. The van der Waals surface area contributed by atoms with Gasteiger partial charge in [0.25, 0.3) is 5.91 Å². The van der Waals surface area contributed by atoms with Gasteiger partial charge in [-0.15, -0.1) is 11.3 Å². The molecule has 2 aromatic heterocycles. The molecule has 3 heterocycles. The van der Waals surface area contributed by atoms with Crippen LogP contribution in [0.25, 0.3) is 5.69 Å². The lowest BCUT2D eigenvalue weighted by Crippen LogP contribution is -2.33. The standard InChI is InChI=1S/C12H10N2O2S/c1-8(15)14-7-9-3-2-5-13(9)10-4-6-17-11(10)12(14)16/h2-6H,7H2,1H3. The third kappa shape index (κ3) is 1.43. The number of carbonyl (C=O) groups excluding carboxylic acids is 2. The summed E-state index contributed by atoms with van der Waals surface area (Å²) in [7, 11) is 0. The third-order valence-corrected chi connectivity index (χ3v) is 3.77. The van der Waals surface area contributed by atoms with Gasteiger partial charge >= 0.3 is 0 Å². The van der Waals surface area contributed by atoms with Crippen molar-refractivity contribution in [2.24, 2.45) is 0 Å². The van der Waals surface area contributed by atoms with Crippen LogP contribution in [0.1, 0.15) is 22.3 Å². The number of nitrogens with zero attached hydrogens (tertiary/aromatic N) is 2. The molecule has 0 aliphatic carbocycles. The van der Waals surface area contributed by atoms with Crippen LogP contribution >= 0.6 is 11.3 Å². The van der Waals surface area contributed by atoms with E-state index in [0.717, 1.165) is 11.4 Å². The van der Waals surface area contributed by atoms with Crippen molar-refractivity contribution in [3.8, 4) is 5.69 Å². The molecule has 5 heteroatoms. The number of hydrogen-bond acceptors (Lipinski definition) is 3. The molecule has 0 saturated heterocycles. The Hall–Kier alpha value is -1.88. The van der Waals surface area contributed by atoms with Crippen molar-refractivity contribution < 1.29 is 9.59 Å². The van der Waals surface area contributed by atoms with Crippen molar-refractivity contribution >= 4 is 23.2 Å². The maximum absolute atomic E-state index is 12.2. The number of carbonyl (C=O) groups is 2. The lowest BCUT2D eigenvalue weighted by Gasteiger charge is -2.15. The van der Waals surface area contributed by atoms with Gasteiger partial charge in [0, 0.05) is 18.8 Å². The van der Waals surface area contributed by atoms with E-state index in [1.54, 1.807) is 0 Å². The quantitative estimate of drug-likeness (QED) is 0.714. The molecule has 2 amide bonds. The highest BCUT2D eigenvalue weighted by Gasteiger charge is 2.28. The fourth-order valence-electron chi connectivity index (χ4n) is 2.04. The molecule has 0 fully saturated rings. The molecule has 0 bridgehead atoms. The molecule has 17 heavy (non-hydrogen) atoms. The van der Waals surface area contributed by atoms with Crippen LogP contribution in [0.5, 0.6) is 0 Å². The predicted octanol–water partition coefficient (Wildman–Crippen LogP) is 2.04. The number of fused-ring (bicyclic) bond motifs is 3. The average Bonchev–Trinajstić information content (AvgIpc) is 2.91. The van der Waals surface area contributed by atoms with E-state index in [4.69, 9.17) is 0 Å². The Kier molecular flexibility index (Phi) is 2.16. The van der Waals surface area contributed by atoms with E-state index in [-0.39, 0.29) is 11.8 Å². The predicted molar refractivity (Wildman–Crippen MR) is 64.2 cm³/mol. The van der Waals surface area contributed by atoms with Crippen molar-refractivity contribution in [1.82, 2.24) is 9.47 Å². The third-order valence-electron chi connectivity index (χ3n) is 2.88. The fraction of sp³-hybridized carbons (Fsp3) is 0.167. The smallest absolute Gasteiger partial charge is 0.273 e. The Bertz CT molecular complexity index is 612. The molecular formula is C12H10N2O2S. The number of amides is 2. The molecule has 0 unspecified atom stereocenters. The summed E-state index contributed by atoms with van der Waals surface area (Å²) in [5.41, 5.74) is 1.81. The summed E-state index contributed by atoms with van der Waals surface area (Å²) < 4.78 is 1.96. The molecule has 4 nitrogen and oxygen atoms in total. The zero-order chi connectivity index (χ0) is 12.0. The maximum atomic E-state index is 12.2. The molecule has 0 radical (unpaired) electrons. The Balaban J connectivity index is 2.24. The largest absolute Gasteiger partial charge is 0.317 e. The first-order valence-corrected chi connectivity index (χ1v) is 6.13. The summed E-state index contributed by atoms with van der Waals surface area (Å²) in [5, 5.41) is 1.87. The van der Waals surface area contributed by atoms with Gasteiger partial charge in [0.1, 0.15) is 4.88 Å². The van der Waals surface area contributed by atoms with E-state index in [2.05, 4.69) is 0 Å². The highest BCUT2D eigenvalue weighted by atomic mass is 32.1. The van der Waals surface area contributed by atoms with Crippen LogP contribution in [0.2, 0.25) is 0 Å². The van der Waals surface area contributed by atoms with E-state index in [1.807, 2.05) is 34.3 Å². The molecule has 0 saturated carbocycles. The molecule has 3 rings (SSSR count). The van der Waals surface area contributed by atoms with Gasteiger partial charge in [0.15, 0.2) is 0 Å². The number of hydrogen-bond donors (Lipinski definition) is 0. The average molecular weight is 246 g/mol. The van der Waals surface area contributed by atoms with Crippen molar-refractivity contribution in [2.75, 3.05) is 0 Å². The monoisotopic (exact) mass is 246 g/mol. The van der Waals surface area contributed by atoms with Crippen LogP contribution in [0.4, 0.5) is 0 Å². The summed E-state index contributed by atoms with van der Waals surface area (Å²) in [6, 6.07) is 5.76. The summed E-state index contributed by atoms with van der Waals surface area (Å²) in [5.74, 6) is -0.421. The van der Waals surface area contributed by atoms with Crippen LogP contribution in [0, 0.1) is 0 Å². The molecule has 1 aliphatic rings. The summed E-state index contributed by atoms with van der Waals surface area (Å²) in [6.07, 6.45) is 1.91. The van der Waals surface area contributed by atoms with E-state index in [0.29, 0.717) is 11.4 Å². The molecule has 86 valence electrons. The maximum Gasteiger partial charge on any atom is 0.273 e. The SMILES string of the molecule is CC(=O)N1Cc2cccn2-c2ccsc2C1=O. The second-order valence-corrected chi connectivity index (χ2v) is 4.83. The topological polar surface area (TPSA) is 42.3 Å². The summed E-state index contributed by atoms with van der Waals surface area (Å²) in [4.78, 5) is 25.6. The summed E-state index contributed by atoms with van der Waals surface area (Å²) >= 11 is 1.37. The highest BCUT2D eigenvalue weighted by molar-refractivity contribution is 7.12. The van der Waals surface area contributed by atoms with Gasteiger partial charge in [-0.1, -0.05) is 0 Å². The number of rotatable bonds is 0. The van der Waals surface area contributed by atoms with Crippen molar-refractivity contribution in [3.63, 3.8) is 0 Å². The van der Waals surface area contributed by atoms with Gasteiger partial charge in [-0.25, -0.2) is 0 Å². The van der Waals surface area contributed by atoms with E-state index >= 15 is 0 Å². The minimum Gasteiger partial charge on any atom is -0.317 e. The molecule has 0 spiro atoms. The Labute approximate surface area is 102 Å². The second kappa shape index (κ2) is 3.56. The zero-order valence-electron chi connectivity index (χ0n) is 9.21. The van der Waals surface area contributed by atoms with Gasteiger partial charge in [-0.3, -0.25) is 14.5 Å². The summed E-state index contributed by atoms with van der Waals surface area (Å²) in [6.45, 7) is 1.76. The first-order valence-electron chi connectivity index (χ1n) is 5.25. The van der Waals surface area contributed by atoms with Crippen molar-refractivity contribution in [3.05, 3.63) is 40.3 Å². The first-order chi connectivity index (χ1) is 8.18. The van der Waals surface area contributed by atoms with Crippen LogP contribution in [-0.4, -0.2) is 21.3 Å². The first kappa shape index (κ1) is 10.3. The molecule has 0 aromatic carbocycles. The van der Waals surface area contributed by atoms with Gasteiger partial charge in [0.2, 0.25) is 5.91 Å². The number of imide groups is 1. The lowest BCUT2D eigenvalue weighted by atomic mass is 10.3. The fourth-order valence-corrected chi connectivity index (χ4v) is 2.87. The van der Waals surface area contributed by atoms with Gasteiger partial charge in [-0.2, -0.15) is 0 Å². The van der Waals surface area contributed by atoms with Crippen molar-refractivity contribution in [1.29, 1.82) is 0 Å². The van der Waals surface area contributed by atoms with E-state index in [9.17, 15) is 9.59 Å². The minimum atomic E-state index is -0.219. The van der Waals surface area contributed by atoms with Gasteiger partial charge < -0.3 is 4.57 Å². The van der Waals surface area contributed by atoms with Crippen LogP contribution in [-0.2, 0) is 11.3 Å². The Morgan fingerprint density at radius 1 is 1.41 bits per heavy atom. The van der Waals surface area contributed by atoms with Gasteiger partial charge in [-0.05, 0) is 23.6 Å². The molecule has 2 aromatic rings. The zero-order valence-corrected chi connectivity index (χ0v) is 10.0. The van der Waals surface area contributed by atoms with E-state index < -0.39 is 0 Å². The van der Waals surface area contributed by atoms with Gasteiger partial charge in [0.05, 0.1) is 12.2 Å². The molecule has 0 atom stereocenters. The highest BCUT2D eigenvalue weighted by Crippen LogP contribution is 2.28. The molecule has 1 aliphatic heterocycles. The minimum absolute atomic E-state index is 0.203. The second-order valence-electron chi connectivity index (χ2n) is 3.91. The van der Waals surface area contributed by atoms with Crippen molar-refractivity contribution in [2.45, 2.75) is 13.5 Å². The van der Waals surface area contributed by atoms with Crippen LogP contribution < -0.4 is 0 Å². The van der Waals surface area contributed by atoms with E-state index in [1.165, 1.54) is 23.2 Å². The number of aromatic nitrogens is 1. The van der Waals surface area contributed by atoms with Crippen LogP contribution in [0.3, 0.4) is 0 Å². The number of thiophene rings is 1.